The first kappa shape index (κ1) is 10.7. The minimum Gasteiger partial charge on any atom is -0.316 e. The molecule has 1 fully saturated rings. The quantitative estimate of drug-likeness (QED) is 0.497. The molecule has 0 spiro atoms. The molecule has 0 saturated carbocycles. The Morgan fingerprint density at radius 1 is 1.33 bits per heavy atom. The van der Waals surface area contributed by atoms with Crippen molar-refractivity contribution in [3.05, 3.63) is 0 Å². The summed E-state index contributed by atoms with van der Waals surface area (Å²) in [5.74, 6) is 0. The van der Waals surface area contributed by atoms with E-state index in [0.717, 1.165) is 0 Å². The van der Waals surface area contributed by atoms with E-state index in [2.05, 4.69) is 0 Å². The zero-order valence-electron chi connectivity index (χ0n) is 6.76. The zero-order valence-corrected chi connectivity index (χ0v) is 8.55. The van der Waals surface area contributed by atoms with E-state index >= 15 is 0 Å². The third-order valence-corrected chi connectivity index (χ3v) is 2.79. The highest BCUT2D eigenvalue weighted by Crippen LogP contribution is 2.48. The maximum Gasteiger partial charge on any atom is 0.339 e. The maximum absolute atomic E-state index is 5.00. The van der Waals surface area contributed by atoms with Gasteiger partial charge in [-0.2, -0.15) is 0 Å². The number of hydrogen-bond acceptors (Lipinski definition) is 6. The summed E-state index contributed by atoms with van der Waals surface area (Å²) in [7, 11) is 0.536. The molecular weight excluding hydrogens is 206 g/mol. The first-order chi connectivity index (χ1) is 5.86. The summed E-state index contributed by atoms with van der Waals surface area (Å²) in [6.45, 7) is 0.355. The third kappa shape index (κ3) is 3.56. The van der Waals surface area contributed by atoms with Crippen LogP contribution in [0.1, 0.15) is 0 Å². The minimum atomic E-state index is -1.29. The van der Waals surface area contributed by atoms with Crippen LogP contribution in [-0.4, -0.2) is 27.8 Å². The van der Waals surface area contributed by atoms with Crippen LogP contribution in [-0.2, 0) is 27.1 Å². The Hall–Kier alpha value is 0.620. The third-order valence-electron chi connectivity index (χ3n) is 0.931. The van der Waals surface area contributed by atoms with E-state index in [1.807, 2.05) is 0 Å². The van der Waals surface area contributed by atoms with Crippen LogP contribution in [0.5, 0.6) is 0 Å². The molecule has 1 heterocycles. The van der Waals surface area contributed by atoms with Gasteiger partial charge in [-0.1, -0.05) is 0 Å². The average Bonchev–Trinajstić information content (AvgIpc) is 2.02. The van der Waals surface area contributed by atoms with E-state index in [1.54, 1.807) is 0 Å². The molecule has 72 valence electrons. The molecule has 0 N–H and O–H groups in total. The van der Waals surface area contributed by atoms with Crippen LogP contribution in [0.3, 0.4) is 0 Å². The standard InChI is InChI=1S/C4H10O6P2/c1-5-11(6-2)7-3-8-12-9-4-10-12/h3-4H2,1-2H3. The van der Waals surface area contributed by atoms with Gasteiger partial charge in [-0.15, -0.1) is 0 Å². The first-order valence-corrected chi connectivity index (χ1v) is 5.26. The summed E-state index contributed by atoms with van der Waals surface area (Å²) >= 11 is 0. The highest BCUT2D eigenvalue weighted by Gasteiger charge is 2.22. The van der Waals surface area contributed by atoms with E-state index in [-0.39, 0.29) is 6.79 Å². The van der Waals surface area contributed by atoms with Crippen molar-refractivity contribution in [2.75, 3.05) is 27.8 Å². The van der Waals surface area contributed by atoms with Gasteiger partial charge in [0, 0.05) is 14.2 Å². The molecule has 0 aromatic carbocycles. The van der Waals surface area contributed by atoms with E-state index in [1.165, 1.54) is 14.2 Å². The zero-order chi connectivity index (χ0) is 8.81. The fourth-order valence-electron chi connectivity index (χ4n) is 0.460. The Labute approximate surface area is 73.0 Å². The molecular formula is C4H10O6P2. The molecule has 8 heteroatoms. The predicted molar refractivity (Wildman–Crippen MR) is 41.9 cm³/mol. The van der Waals surface area contributed by atoms with Crippen molar-refractivity contribution in [1.82, 2.24) is 0 Å². The SMILES string of the molecule is COP(OC)OCOP1OCO1. The van der Waals surface area contributed by atoms with E-state index in [4.69, 9.17) is 27.1 Å². The lowest BCUT2D eigenvalue weighted by atomic mass is 11.5. The number of hydrogen-bond donors (Lipinski definition) is 0. The van der Waals surface area contributed by atoms with Gasteiger partial charge in [0.1, 0.15) is 0 Å². The topological polar surface area (TPSA) is 55.4 Å². The molecule has 1 aliphatic rings. The molecule has 12 heavy (non-hydrogen) atoms. The second-order valence-electron chi connectivity index (χ2n) is 1.56. The lowest BCUT2D eigenvalue weighted by molar-refractivity contribution is -0.0310. The fraction of sp³-hybridized carbons (Fsp3) is 1.00. The van der Waals surface area contributed by atoms with E-state index in [9.17, 15) is 0 Å². The second-order valence-corrected chi connectivity index (χ2v) is 4.22. The summed E-state index contributed by atoms with van der Waals surface area (Å²) in [4.78, 5) is 0. The predicted octanol–water partition coefficient (Wildman–Crippen LogP) is 1.73. The molecule has 0 aliphatic carbocycles. The van der Waals surface area contributed by atoms with Crippen LogP contribution < -0.4 is 0 Å². The molecule has 0 aromatic rings. The Balaban J connectivity index is 1.92. The fourth-order valence-corrected chi connectivity index (χ4v) is 1.52. The highest BCUT2D eigenvalue weighted by atomic mass is 31.2. The van der Waals surface area contributed by atoms with Crippen molar-refractivity contribution in [3.8, 4) is 0 Å². The highest BCUT2D eigenvalue weighted by molar-refractivity contribution is 7.43. The van der Waals surface area contributed by atoms with Gasteiger partial charge in [-0.05, 0) is 0 Å². The summed E-state index contributed by atoms with van der Waals surface area (Å²) in [6, 6.07) is 0. The van der Waals surface area contributed by atoms with Crippen molar-refractivity contribution in [2.24, 2.45) is 0 Å². The smallest absolute Gasteiger partial charge is 0.316 e. The summed E-state index contributed by atoms with van der Waals surface area (Å²) in [5.41, 5.74) is 0. The van der Waals surface area contributed by atoms with Gasteiger partial charge in [0.25, 0.3) is 0 Å². The van der Waals surface area contributed by atoms with E-state index < -0.39 is 17.2 Å². The van der Waals surface area contributed by atoms with Crippen LogP contribution in [0.2, 0.25) is 0 Å². The maximum atomic E-state index is 5.00. The lowest BCUT2D eigenvalue weighted by Gasteiger charge is -2.23. The summed E-state index contributed by atoms with van der Waals surface area (Å²) in [5, 5.41) is 0. The Kier molecular flexibility index (Phi) is 5.47. The van der Waals surface area contributed by atoms with Gasteiger partial charge in [-0.25, -0.2) is 0 Å². The molecule has 1 rings (SSSR count). The van der Waals surface area contributed by atoms with E-state index in [0.29, 0.717) is 6.79 Å². The molecule has 0 amide bonds. The van der Waals surface area contributed by atoms with Gasteiger partial charge < -0.3 is 9.05 Å². The van der Waals surface area contributed by atoms with Crippen LogP contribution in [0, 0.1) is 0 Å². The Morgan fingerprint density at radius 3 is 2.42 bits per heavy atom. The average molecular weight is 216 g/mol. The van der Waals surface area contributed by atoms with Crippen molar-refractivity contribution >= 4 is 17.2 Å². The molecule has 1 aliphatic heterocycles. The normalized spacial score (nSPS) is 18.2. The van der Waals surface area contributed by atoms with Gasteiger partial charge in [-0.3, -0.25) is 18.1 Å². The van der Waals surface area contributed by atoms with Crippen molar-refractivity contribution < 1.29 is 27.1 Å². The van der Waals surface area contributed by atoms with Gasteiger partial charge in [0.05, 0.1) is 0 Å². The van der Waals surface area contributed by atoms with Gasteiger partial charge in [0.2, 0.25) is 0 Å². The van der Waals surface area contributed by atoms with Gasteiger partial charge in [0.15, 0.2) is 13.6 Å². The molecule has 0 aromatic heterocycles. The second kappa shape index (κ2) is 6.13. The Morgan fingerprint density at radius 2 is 2.00 bits per heavy atom. The van der Waals surface area contributed by atoms with Crippen LogP contribution >= 0.6 is 17.2 Å². The minimum absolute atomic E-state index is 0.0547. The number of rotatable bonds is 6. The molecule has 0 atom stereocenters. The molecule has 6 nitrogen and oxygen atoms in total. The van der Waals surface area contributed by atoms with Crippen LogP contribution in [0.4, 0.5) is 0 Å². The summed E-state index contributed by atoms with van der Waals surface area (Å²) < 4.78 is 29.3. The summed E-state index contributed by atoms with van der Waals surface area (Å²) in [6.07, 6.45) is 0. The van der Waals surface area contributed by atoms with Crippen molar-refractivity contribution in [3.63, 3.8) is 0 Å². The molecule has 0 unspecified atom stereocenters. The first-order valence-electron chi connectivity index (χ1n) is 3.07. The van der Waals surface area contributed by atoms with Crippen molar-refractivity contribution in [2.45, 2.75) is 0 Å². The van der Waals surface area contributed by atoms with Crippen LogP contribution in [0.25, 0.3) is 0 Å². The Bertz CT molecular complexity index is 116. The molecule has 0 bridgehead atoms. The molecule has 1 saturated heterocycles. The monoisotopic (exact) mass is 216 g/mol. The lowest BCUT2D eigenvalue weighted by Crippen LogP contribution is -2.09. The van der Waals surface area contributed by atoms with Crippen molar-refractivity contribution in [1.29, 1.82) is 0 Å². The largest absolute Gasteiger partial charge is 0.339 e. The van der Waals surface area contributed by atoms with Gasteiger partial charge >= 0.3 is 17.2 Å². The molecule has 0 radical (unpaired) electrons. The van der Waals surface area contributed by atoms with Crippen LogP contribution in [0.15, 0.2) is 0 Å².